The summed E-state index contributed by atoms with van der Waals surface area (Å²) in [4.78, 5) is 1.90. The van der Waals surface area contributed by atoms with E-state index < -0.39 is 0 Å². The van der Waals surface area contributed by atoms with Crippen LogP contribution in [0.15, 0.2) is 35.3 Å². The summed E-state index contributed by atoms with van der Waals surface area (Å²) in [5, 5.41) is 0. The summed E-state index contributed by atoms with van der Waals surface area (Å²) in [5.74, 6) is 0. The average molecular weight is 211 g/mol. The zero-order valence-corrected chi connectivity index (χ0v) is 8.14. The first kappa shape index (κ1) is 8.54. The minimum absolute atomic E-state index is 1.01. The van der Waals surface area contributed by atoms with Crippen LogP contribution in [0.25, 0.3) is 0 Å². The van der Waals surface area contributed by atoms with Gasteiger partial charge in [0.1, 0.15) is 0 Å². The highest BCUT2D eigenvalue weighted by molar-refractivity contribution is 9.11. The average Bonchev–Trinajstić information content (AvgIpc) is 2.01. The van der Waals surface area contributed by atoms with Gasteiger partial charge in [-0.1, -0.05) is 51.8 Å². The van der Waals surface area contributed by atoms with E-state index in [2.05, 4.69) is 53.2 Å². The van der Waals surface area contributed by atoms with Gasteiger partial charge in [-0.3, -0.25) is 0 Å². The summed E-state index contributed by atoms with van der Waals surface area (Å²) < 4.78 is 0. The summed E-state index contributed by atoms with van der Waals surface area (Å²) in [6.07, 6.45) is 3.10. The van der Waals surface area contributed by atoms with Crippen molar-refractivity contribution in [3.63, 3.8) is 0 Å². The molecule has 0 saturated carbocycles. The number of hydrogen-bond donors (Lipinski definition) is 0. The summed E-state index contributed by atoms with van der Waals surface area (Å²) >= 11 is 3.24. The Morgan fingerprint density at radius 3 is 2.91 bits per heavy atom. The second-order valence-corrected chi connectivity index (χ2v) is 3.08. The van der Waals surface area contributed by atoms with Crippen molar-refractivity contribution in [1.29, 1.82) is 0 Å². The number of hydrogen-bond acceptors (Lipinski definition) is 0. The Morgan fingerprint density at radius 2 is 2.27 bits per heavy atom. The molecule has 0 amide bonds. The maximum absolute atomic E-state index is 3.24. The highest BCUT2D eigenvalue weighted by Gasteiger charge is 1.88. The number of halogens is 1. The van der Waals surface area contributed by atoms with Crippen LogP contribution in [0.4, 0.5) is 0 Å². The molecular formula is C10H11Br. The van der Waals surface area contributed by atoms with Crippen LogP contribution in [-0.4, -0.2) is 0 Å². The molecule has 58 valence electrons. The normalized spacial score (nSPS) is 10.7. The van der Waals surface area contributed by atoms with Crippen molar-refractivity contribution < 1.29 is 0 Å². The minimum atomic E-state index is 1.01. The van der Waals surface area contributed by atoms with Crippen molar-refractivity contribution >= 4 is 15.9 Å². The quantitative estimate of drug-likeness (QED) is 0.702. The molecule has 0 nitrogen and oxygen atoms in total. The zero-order valence-electron chi connectivity index (χ0n) is 6.55. The molecule has 1 aromatic carbocycles. The maximum atomic E-state index is 3.24. The number of allylic oxidation sites excluding steroid dienone is 1. The standard InChI is InChI=1S/C10H11Br/c1-9-4-2-5-10(8-9)6-3-7-11/h2-5,7-8H,6H2,1H3. The molecule has 0 radical (unpaired) electrons. The van der Waals surface area contributed by atoms with Crippen molar-refractivity contribution in [2.75, 3.05) is 0 Å². The predicted molar refractivity (Wildman–Crippen MR) is 53.0 cm³/mol. The van der Waals surface area contributed by atoms with Crippen LogP contribution >= 0.6 is 15.9 Å². The van der Waals surface area contributed by atoms with Gasteiger partial charge in [-0.15, -0.1) is 0 Å². The largest absolute Gasteiger partial charge is 0.0732 e. The lowest BCUT2D eigenvalue weighted by atomic mass is 10.1. The molecule has 0 spiro atoms. The molecule has 1 heteroatoms. The fraction of sp³-hybridized carbons (Fsp3) is 0.200. The van der Waals surface area contributed by atoms with Crippen LogP contribution in [0.5, 0.6) is 0 Å². The van der Waals surface area contributed by atoms with Gasteiger partial charge in [0.05, 0.1) is 0 Å². The summed E-state index contributed by atoms with van der Waals surface area (Å²) in [6, 6.07) is 8.54. The van der Waals surface area contributed by atoms with Gasteiger partial charge in [0.2, 0.25) is 0 Å². The number of rotatable bonds is 2. The Bertz CT molecular complexity index is 251. The van der Waals surface area contributed by atoms with E-state index in [9.17, 15) is 0 Å². The van der Waals surface area contributed by atoms with Crippen LogP contribution < -0.4 is 0 Å². The lowest BCUT2D eigenvalue weighted by Gasteiger charge is -1.96. The molecule has 1 aromatic rings. The zero-order chi connectivity index (χ0) is 8.10. The molecule has 0 atom stereocenters. The van der Waals surface area contributed by atoms with Crippen molar-refractivity contribution in [2.45, 2.75) is 13.3 Å². The van der Waals surface area contributed by atoms with Gasteiger partial charge < -0.3 is 0 Å². The van der Waals surface area contributed by atoms with Gasteiger partial charge in [-0.2, -0.15) is 0 Å². The van der Waals surface area contributed by atoms with E-state index in [0.717, 1.165) is 6.42 Å². The fourth-order valence-corrected chi connectivity index (χ4v) is 1.21. The van der Waals surface area contributed by atoms with E-state index in [4.69, 9.17) is 0 Å². The fourth-order valence-electron chi connectivity index (χ4n) is 1.02. The molecule has 0 saturated heterocycles. The molecule has 0 aliphatic carbocycles. The van der Waals surface area contributed by atoms with Crippen LogP contribution in [-0.2, 0) is 6.42 Å². The van der Waals surface area contributed by atoms with Gasteiger partial charge in [0.25, 0.3) is 0 Å². The smallest absolute Gasteiger partial charge is 0.00891 e. The van der Waals surface area contributed by atoms with E-state index in [-0.39, 0.29) is 0 Å². The second-order valence-electron chi connectivity index (χ2n) is 2.55. The Labute approximate surface area is 76.1 Å². The van der Waals surface area contributed by atoms with E-state index in [0.29, 0.717) is 0 Å². The molecular weight excluding hydrogens is 200 g/mol. The number of aryl methyl sites for hydroxylation is 1. The van der Waals surface area contributed by atoms with Crippen LogP contribution in [0.3, 0.4) is 0 Å². The Balaban J connectivity index is 2.71. The molecule has 0 fully saturated rings. The monoisotopic (exact) mass is 210 g/mol. The molecule has 0 aliphatic heterocycles. The van der Waals surface area contributed by atoms with Gasteiger partial charge >= 0.3 is 0 Å². The lowest BCUT2D eigenvalue weighted by Crippen LogP contribution is -1.80. The SMILES string of the molecule is Cc1cccc(CC=CBr)c1. The Kier molecular flexibility index (Phi) is 3.37. The van der Waals surface area contributed by atoms with Crippen molar-refractivity contribution in [1.82, 2.24) is 0 Å². The molecule has 0 aliphatic rings. The van der Waals surface area contributed by atoms with Gasteiger partial charge in [-0.25, -0.2) is 0 Å². The molecule has 11 heavy (non-hydrogen) atoms. The number of benzene rings is 1. The highest BCUT2D eigenvalue weighted by atomic mass is 79.9. The summed E-state index contributed by atoms with van der Waals surface area (Å²) in [5.41, 5.74) is 2.69. The minimum Gasteiger partial charge on any atom is -0.0732 e. The van der Waals surface area contributed by atoms with E-state index >= 15 is 0 Å². The van der Waals surface area contributed by atoms with Crippen molar-refractivity contribution in [3.05, 3.63) is 46.5 Å². The summed E-state index contributed by atoms with van der Waals surface area (Å²) in [6.45, 7) is 2.11. The predicted octanol–water partition coefficient (Wildman–Crippen LogP) is 3.45. The highest BCUT2D eigenvalue weighted by Crippen LogP contribution is 2.05. The maximum Gasteiger partial charge on any atom is -0.00891 e. The molecule has 0 unspecified atom stereocenters. The first-order valence-electron chi connectivity index (χ1n) is 3.63. The third-order valence-corrected chi connectivity index (χ3v) is 1.90. The van der Waals surface area contributed by atoms with Gasteiger partial charge in [-0.05, 0) is 23.9 Å². The Morgan fingerprint density at radius 1 is 1.45 bits per heavy atom. The van der Waals surface area contributed by atoms with Gasteiger partial charge in [0, 0.05) is 0 Å². The first-order chi connectivity index (χ1) is 5.33. The third kappa shape index (κ3) is 2.89. The van der Waals surface area contributed by atoms with Crippen LogP contribution in [0.2, 0.25) is 0 Å². The van der Waals surface area contributed by atoms with Crippen molar-refractivity contribution in [3.8, 4) is 0 Å². The second kappa shape index (κ2) is 4.35. The van der Waals surface area contributed by atoms with E-state index in [1.165, 1.54) is 11.1 Å². The topological polar surface area (TPSA) is 0 Å². The molecule has 0 aromatic heterocycles. The lowest BCUT2D eigenvalue weighted by molar-refractivity contribution is 1.25. The van der Waals surface area contributed by atoms with Crippen LogP contribution in [0, 0.1) is 6.92 Å². The third-order valence-electron chi connectivity index (χ3n) is 1.53. The van der Waals surface area contributed by atoms with E-state index in [1.54, 1.807) is 0 Å². The van der Waals surface area contributed by atoms with Gasteiger partial charge in [0.15, 0.2) is 0 Å². The summed E-state index contributed by atoms with van der Waals surface area (Å²) in [7, 11) is 0. The van der Waals surface area contributed by atoms with Crippen LogP contribution in [0.1, 0.15) is 11.1 Å². The molecule has 0 bridgehead atoms. The molecule has 1 rings (SSSR count). The first-order valence-corrected chi connectivity index (χ1v) is 4.55. The Hall–Kier alpha value is -0.560. The van der Waals surface area contributed by atoms with Crippen molar-refractivity contribution in [2.24, 2.45) is 0 Å². The van der Waals surface area contributed by atoms with E-state index in [1.807, 2.05) is 4.99 Å². The molecule has 0 N–H and O–H groups in total. The molecule has 0 heterocycles.